The van der Waals surface area contributed by atoms with Gasteiger partial charge in [-0.05, 0) is 25.8 Å². The molecule has 0 aliphatic carbocycles. The molecular formula is C13H18ClFN2O. The Kier molecular flexibility index (Phi) is 4.78. The largest absolute Gasteiger partial charge is 0.376 e. The van der Waals surface area contributed by atoms with Crippen LogP contribution < -0.4 is 4.90 Å². The summed E-state index contributed by atoms with van der Waals surface area (Å²) in [6.45, 7) is 4.19. The third-order valence-corrected chi connectivity index (χ3v) is 3.51. The highest BCUT2D eigenvalue weighted by Gasteiger charge is 2.21. The Hall–Kier alpha value is -0.870. The van der Waals surface area contributed by atoms with Crippen LogP contribution in [-0.2, 0) is 10.6 Å². The van der Waals surface area contributed by atoms with Crippen LogP contribution >= 0.6 is 11.6 Å². The van der Waals surface area contributed by atoms with E-state index in [2.05, 4.69) is 4.98 Å². The zero-order valence-electron chi connectivity index (χ0n) is 10.5. The number of hydrogen-bond donors (Lipinski definition) is 0. The number of anilines is 1. The zero-order valence-corrected chi connectivity index (χ0v) is 11.3. The first-order valence-electron chi connectivity index (χ1n) is 6.32. The standard InChI is InChI=1S/C13H18ClFN2O/c1-2-17(9-11-4-3-7-18-11)13-12(15)10(8-14)5-6-16-13/h5-6,11H,2-4,7-9H2,1H3. The highest BCUT2D eigenvalue weighted by molar-refractivity contribution is 6.17. The number of nitrogens with zero attached hydrogens (tertiary/aromatic N) is 2. The smallest absolute Gasteiger partial charge is 0.170 e. The summed E-state index contributed by atoms with van der Waals surface area (Å²) < 4.78 is 19.7. The first-order valence-corrected chi connectivity index (χ1v) is 6.85. The van der Waals surface area contributed by atoms with Gasteiger partial charge >= 0.3 is 0 Å². The molecule has 1 aliphatic heterocycles. The van der Waals surface area contributed by atoms with Gasteiger partial charge in [-0.3, -0.25) is 0 Å². The molecule has 0 bridgehead atoms. The lowest BCUT2D eigenvalue weighted by molar-refractivity contribution is 0.115. The summed E-state index contributed by atoms with van der Waals surface area (Å²) in [4.78, 5) is 6.05. The fraction of sp³-hybridized carbons (Fsp3) is 0.615. The van der Waals surface area contributed by atoms with Gasteiger partial charge in [0.05, 0.1) is 12.0 Å². The average molecular weight is 273 g/mol. The second kappa shape index (κ2) is 6.34. The van der Waals surface area contributed by atoms with E-state index in [0.29, 0.717) is 24.5 Å². The van der Waals surface area contributed by atoms with Gasteiger partial charge in [-0.25, -0.2) is 9.37 Å². The lowest BCUT2D eigenvalue weighted by Crippen LogP contribution is -2.33. The van der Waals surface area contributed by atoms with E-state index in [0.717, 1.165) is 19.4 Å². The second-order valence-corrected chi connectivity index (χ2v) is 4.68. The molecule has 0 spiro atoms. The van der Waals surface area contributed by atoms with Crippen molar-refractivity contribution in [2.75, 3.05) is 24.6 Å². The molecule has 0 amide bonds. The lowest BCUT2D eigenvalue weighted by Gasteiger charge is -2.25. The fourth-order valence-electron chi connectivity index (χ4n) is 2.19. The van der Waals surface area contributed by atoms with Gasteiger partial charge in [0.2, 0.25) is 0 Å². The molecule has 0 radical (unpaired) electrons. The number of alkyl halides is 1. The molecule has 0 aromatic carbocycles. The van der Waals surface area contributed by atoms with Crippen molar-refractivity contribution in [1.29, 1.82) is 0 Å². The minimum atomic E-state index is -0.313. The second-order valence-electron chi connectivity index (χ2n) is 4.41. The minimum Gasteiger partial charge on any atom is -0.376 e. The molecule has 3 nitrogen and oxygen atoms in total. The fourth-order valence-corrected chi connectivity index (χ4v) is 2.40. The molecule has 1 saturated heterocycles. The third-order valence-electron chi connectivity index (χ3n) is 3.22. The molecule has 5 heteroatoms. The highest BCUT2D eigenvalue weighted by atomic mass is 35.5. The molecule has 2 rings (SSSR count). The summed E-state index contributed by atoms with van der Waals surface area (Å²) in [5.74, 6) is 0.234. The predicted octanol–water partition coefficient (Wildman–Crippen LogP) is 2.96. The maximum absolute atomic E-state index is 14.2. The van der Waals surface area contributed by atoms with Crippen molar-refractivity contribution in [1.82, 2.24) is 4.98 Å². The molecule has 100 valence electrons. The zero-order chi connectivity index (χ0) is 13.0. The van der Waals surface area contributed by atoms with Crippen LogP contribution in [0.15, 0.2) is 12.3 Å². The molecule has 1 unspecified atom stereocenters. The summed E-state index contributed by atoms with van der Waals surface area (Å²) in [6.07, 6.45) is 3.91. The van der Waals surface area contributed by atoms with Gasteiger partial charge < -0.3 is 9.64 Å². The van der Waals surface area contributed by atoms with Crippen LogP contribution in [0.4, 0.5) is 10.2 Å². The molecule has 2 heterocycles. The lowest BCUT2D eigenvalue weighted by atomic mass is 10.2. The Morgan fingerprint density at radius 3 is 3.06 bits per heavy atom. The quantitative estimate of drug-likeness (QED) is 0.771. The van der Waals surface area contributed by atoms with Crippen LogP contribution in [0, 0.1) is 5.82 Å². The van der Waals surface area contributed by atoms with Crippen molar-refractivity contribution in [3.05, 3.63) is 23.6 Å². The van der Waals surface area contributed by atoms with E-state index in [4.69, 9.17) is 16.3 Å². The van der Waals surface area contributed by atoms with Crippen molar-refractivity contribution < 1.29 is 9.13 Å². The van der Waals surface area contributed by atoms with E-state index < -0.39 is 0 Å². The number of rotatable bonds is 5. The number of hydrogen-bond acceptors (Lipinski definition) is 3. The van der Waals surface area contributed by atoms with Gasteiger partial charge in [-0.1, -0.05) is 0 Å². The van der Waals surface area contributed by atoms with E-state index >= 15 is 0 Å². The molecule has 18 heavy (non-hydrogen) atoms. The summed E-state index contributed by atoms with van der Waals surface area (Å²) >= 11 is 5.71. The highest BCUT2D eigenvalue weighted by Crippen LogP contribution is 2.22. The van der Waals surface area contributed by atoms with E-state index in [1.54, 1.807) is 12.3 Å². The van der Waals surface area contributed by atoms with Crippen LogP contribution in [-0.4, -0.2) is 30.8 Å². The van der Waals surface area contributed by atoms with E-state index in [1.165, 1.54) is 0 Å². The Balaban J connectivity index is 2.15. The van der Waals surface area contributed by atoms with Crippen LogP contribution in [0.1, 0.15) is 25.3 Å². The maximum Gasteiger partial charge on any atom is 0.170 e. The van der Waals surface area contributed by atoms with Crippen LogP contribution in [0.3, 0.4) is 0 Å². The van der Waals surface area contributed by atoms with E-state index in [9.17, 15) is 4.39 Å². The van der Waals surface area contributed by atoms with Gasteiger partial charge in [0.15, 0.2) is 11.6 Å². The van der Waals surface area contributed by atoms with Crippen LogP contribution in [0.2, 0.25) is 0 Å². The van der Waals surface area contributed by atoms with Crippen LogP contribution in [0.5, 0.6) is 0 Å². The molecule has 1 aromatic rings. The summed E-state index contributed by atoms with van der Waals surface area (Å²) in [5.41, 5.74) is 0.493. The molecule has 0 saturated carbocycles. The Morgan fingerprint density at radius 2 is 2.44 bits per heavy atom. The number of likely N-dealkylation sites (N-methyl/N-ethyl adjacent to an activating group) is 1. The van der Waals surface area contributed by atoms with Gasteiger partial charge in [-0.15, -0.1) is 11.6 Å². The molecule has 1 aromatic heterocycles. The third kappa shape index (κ3) is 2.93. The van der Waals surface area contributed by atoms with E-state index in [-0.39, 0.29) is 17.8 Å². The van der Waals surface area contributed by atoms with Crippen molar-refractivity contribution in [3.8, 4) is 0 Å². The first-order chi connectivity index (χ1) is 8.76. The van der Waals surface area contributed by atoms with Crippen molar-refractivity contribution in [2.24, 2.45) is 0 Å². The SMILES string of the molecule is CCN(CC1CCCO1)c1nccc(CCl)c1F. The Labute approximate surface area is 112 Å². The monoisotopic (exact) mass is 272 g/mol. The minimum absolute atomic E-state index is 0.166. The Morgan fingerprint density at radius 1 is 1.61 bits per heavy atom. The number of halogens is 2. The Bertz CT molecular complexity index is 397. The van der Waals surface area contributed by atoms with Crippen molar-refractivity contribution in [3.63, 3.8) is 0 Å². The number of aromatic nitrogens is 1. The van der Waals surface area contributed by atoms with E-state index in [1.807, 2.05) is 11.8 Å². The average Bonchev–Trinajstić information content (AvgIpc) is 2.89. The normalized spacial score (nSPS) is 19.2. The van der Waals surface area contributed by atoms with Crippen molar-refractivity contribution >= 4 is 17.4 Å². The molecule has 1 atom stereocenters. The molecule has 0 N–H and O–H groups in total. The molecular weight excluding hydrogens is 255 g/mol. The van der Waals surface area contributed by atoms with Gasteiger partial charge in [0.25, 0.3) is 0 Å². The first kappa shape index (κ1) is 13.6. The summed E-state index contributed by atoms with van der Waals surface area (Å²) in [5, 5.41) is 0. The summed E-state index contributed by atoms with van der Waals surface area (Å²) in [6, 6.07) is 1.62. The van der Waals surface area contributed by atoms with Gasteiger partial charge in [0.1, 0.15) is 0 Å². The van der Waals surface area contributed by atoms with Gasteiger partial charge in [-0.2, -0.15) is 0 Å². The summed E-state index contributed by atoms with van der Waals surface area (Å²) in [7, 11) is 0. The van der Waals surface area contributed by atoms with Gasteiger partial charge in [0, 0.05) is 31.5 Å². The number of ether oxygens (including phenoxy) is 1. The predicted molar refractivity (Wildman–Crippen MR) is 70.6 cm³/mol. The molecule has 1 aliphatic rings. The maximum atomic E-state index is 14.2. The van der Waals surface area contributed by atoms with Crippen LogP contribution in [0.25, 0.3) is 0 Å². The topological polar surface area (TPSA) is 25.4 Å². The van der Waals surface area contributed by atoms with Crippen molar-refractivity contribution in [2.45, 2.75) is 31.7 Å². The molecule has 1 fully saturated rings. The number of pyridine rings is 1.